The fourth-order valence-corrected chi connectivity index (χ4v) is 2.17. The molecule has 0 aliphatic carbocycles. The molecule has 0 unspecified atom stereocenters. The van der Waals surface area contributed by atoms with E-state index in [4.69, 9.17) is 9.57 Å². The lowest BCUT2D eigenvalue weighted by atomic mass is 10.2. The first-order valence-electron chi connectivity index (χ1n) is 7.11. The maximum Gasteiger partial charge on any atom is 0.265 e. The molecule has 0 aromatic heterocycles. The fourth-order valence-electron chi connectivity index (χ4n) is 1.77. The first-order chi connectivity index (χ1) is 11.2. The van der Waals surface area contributed by atoms with Crippen LogP contribution in [0.5, 0.6) is 5.75 Å². The number of hydrogen-bond donors (Lipinski definition) is 1. The van der Waals surface area contributed by atoms with Crippen molar-refractivity contribution in [2.75, 3.05) is 18.5 Å². The monoisotopic (exact) mass is 376 g/mol. The molecule has 0 bridgehead atoms. The Labute approximate surface area is 143 Å². The zero-order valence-electron chi connectivity index (χ0n) is 12.7. The van der Waals surface area contributed by atoms with Crippen LogP contribution in [0, 0.1) is 0 Å². The van der Waals surface area contributed by atoms with Crippen LogP contribution in [-0.2, 0) is 9.63 Å². The van der Waals surface area contributed by atoms with Gasteiger partial charge in [0.25, 0.3) is 5.91 Å². The van der Waals surface area contributed by atoms with Gasteiger partial charge < -0.3 is 14.9 Å². The van der Waals surface area contributed by atoms with Crippen molar-refractivity contribution in [3.8, 4) is 5.75 Å². The Hall–Kier alpha value is -2.34. The number of halogens is 1. The van der Waals surface area contributed by atoms with Gasteiger partial charge in [0.1, 0.15) is 5.75 Å². The standard InChI is InChI=1S/C17H17BrN2O3/c1-2-22-16-8-6-13(7-9-16)11-19-23-12-17(21)20-15-5-3-4-14(18)10-15/h3-11H,2,12H2,1H3,(H,20,21)/b19-11+. The van der Waals surface area contributed by atoms with Crippen molar-refractivity contribution < 1.29 is 14.4 Å². The number of hydrogen-bond acceptors (Lipinski definition) is 4. The van der Waals surface area contributed by atoms with Crippen LogP contribution in [-0.4, -0.2) is 25.3 Å². The number of amides is 1. The minimum Gasteiger partial charge on any atom is -0.494 e. The topological polar surface area (TPSA) is 59.9 Å². The summed E-state index contributed by atoms with van der Waals surface area (Å²) in [6.07, 6.45) is 1.54. The molecule has 0 fully saturated rings. The molecule has 0 aliphatic rings. The molecule has 0 atom stereocenters. The molecule has 0 heterocycles. The third-order valence-electron chi connectivity index (χ3n) is 2.77. The summed E-state index contributed by atoms with van der Waals surface area (Å²) in [5.41, 5.74) is 1.56. The van der Waals surface area contributed by atoms with Gasteiger partial charge in [0, 0.05) is 10.2 Å². The van der Waals surface area contributed by atoms with Crippen molar-refractivity contribution in [3.63, 3.8) is 0 Å². The van der Waals surface area contributed by atoms with Crippen LogP contribution >= 0.6 is 15.9 Å². The molecule has 0 radical (unpaired) electrons. The van der Waals surface area contributed by atoms with Gasteiger partial charge in [0.2, 0.25) is 0 Å². The zero-order valence-corrected chi connectivity index (χ0v) is 14.2. The summed E-state index contributed by atoms with van der Waals surface area (Å²) in [5.74, 6) is 0.533. The fraction of sp³-hybridized carbons (Fsp3) is 0.176. The molecule has 0 saturated heterocycles. The number of carbonyl (C=O) groups is 1. The number of anilines is 1. The maximum atomic E-state index is 11.7. The normalized spacial score (nSPS) is 10.5. The molecule has 0 spiro atoms. The first kappa shape index (κ1) is 17.0. The Kier molecular flexibility index (Phi) is 6.62. The number of rotatable bonds is 7. The Morgan fingerprint density at radius 3 is 2.74 bits per heavy atom. The average Bonchev–Trinajstić information content (AvgIpc) is 2.53. The number of oxime groups is 1. The van der Waals surface area contributed by atoms with E-state index in [9.17, 15) is 4.79 Å². The molecule has 5 nitrogen and oxygen atoms in total. The van der Waals surface area contributed by atoms with E-state index in [1.807, 2.05) is 43.3 Å². The predicted molar refractivity (Wildman–Crippen MR) is 93.9 cm³/mol. The summed E-state index contributed by atoms with van der Waals surface area (Å²) in [7, 11) is 0. The van der Waals surface area contributed by atoms with Gasteiger partial charge in [-0.25, -0.2) is 0 Å². The Balaban J connectivity index is 1.76. The quantitative estimate of drug-likeness (QED) is 0.589. The van der Waals surface area contributed by atoms with Gasteiger partial charge in [-0.1, -0.05) is 27.2 Å². The second kappa shape index (κ2) is 8.95. The molecule has 120 valence electrons. The van der Waals surface area contributed by atoms with Crippen LogP contribution in [0.25, 0.3) is 0 Å². The van der Waals surface area contributed by atoms with Crippen LogP contribution in [0.3, 0.4) is 0 Å². The summed E-state index contributed by atoms with van der Waals surface area (Å²) in [6, 6.07) is 14.7. The molecular formula is C17H17BrN2O3. The molecule has 0 saturated carbocycles. The molecular weight excluding hydrogens is 360 g/mol. The van der Waals surface area contributed by atoms with E-state index in [1.54, 1.807) is 18.3 Å². The minimum absolute atomic E-state index is 0.153. The van der Waals surface area contributed by atoms with E-state index in [2.05, 4.69) is 26.4 Å². The van der Waals surface area contributed by atoms with E-state index in [-0.39, 0.29) is 12.5 Å². The van der Waals surface area contributed by atoms with Crippen molar-refractivity contribution in [3.05, 3.63) is 58.6 Å². The highest BCUT2D eigenvalue weighted by Crippen LogP contribution is 2.15. The van der Waals surface area contributed by atoms with Crippen LogP contribution in [0.15, 0.2) is 58.2 Å². The van der Waals surface area contributed by atoms with Crippen molar-refractivity contribution in [1.82, 2.24) is 0 Å². The summed E-state index contributed by atoms with van der Waals surface area (Å²) >= 11 is 3.34. The molecule has 2 rings (SSSR count). The van der Waals surface area contributed by atoms with Gasteiger partial charge in [-0.05, 0) is 55.0 Å². The van der Waals surface area contributed by atoms with Crippen LogP contribution in [0.4, 0.5) is 5.69 Å². The molecule has 1 N–H and O–H groups in total. The summed E-state index contributed by atoms with van der Waals surface area (Å²) < 4.78 is 6.24. The molecule has 2 aromatic carbocycles. The van der Waals surface area contributed by atoms with E-state index >= 15 is 0 Å². The van der Waals surface area contributed by atoms with Crippen molar-refractivity contribution in [2.24, 2.45) is 5.16 Å². The van der Waals surface area contributed by atoms with E-state index in [1.165, 1.54) is 0 Å². The summed E-state index contributed by atoms with van der Waals surface area (Å²) in [5, 5.41) is 6.50. The van der Waals surface area contributed by atoms with Gasteiger partial charge in [-0.3, -0.25) is 4.79 Å². The first-order valence-corrected chi connectivity index (χ1v) is 7.90. The highest BCUT2D eigenvalue weighted by molar-refractivity contribution is 9.10. The number of nitrogens with one attached hydrogen (secondary N) is 1. The van der Waals surface area contributed by atoms with Crippen molar-refractivity contribution in [1.29, 1.82) is 0 Å². The molecule has 0 aliphatic heterocycles. The van der Waals surface area contributed by atoms with Crippen molar-refractivity contribution in [2.45, 2.75) is 6.92 Å². The van der Waals surface area contributed by atoms with E-state index < -0.39 is 0 Å². The number of benzene rings is 2. The third-order valence-corrected chi connectivity index (χ3v) is 3.26. The SMILES string of the molecule is CCOc1ccc(/C=N/OCC(=O)Nc2cccc(Br)c2)cc1. The maximum absolute atomic E-state index is 11.7. The number of ether oxygens (including phenoxy) is 1. The molecule has 2 aromatic rings. The van der Waals surface area contributed by atoms with Crippen LogP contribution in [0.2, 0.25) is 0 Å². The van der Waals surface area contributed by atoms with Crippen LogP contribution in [0.1, 0.15) is 12.5 Å². The summed E-state index contributed by atoms with van der Waals surface area (Å²) in [6.45, 7) is 2.41. The molecule has 23 heavy (non-hydrogen) atoms. The van der Waals surface area contributed by atoms with Gasteiger partial charge >= 0.3 is 0 Å². The predicted octanol–water partition coefficient (Wildman–Crippen LogP) is 3.84. The third kappa shape index (κ3) is 6.12. The van der Waals surface area contributed by atoms with Crippen LogP contribution < -0.4 is 10.1 Å². The highest BCUT2D eigenvalue weighted by atomic mass is 79.9. The molecule has 6 heteroatoms. The Morgan fingerprint density at radius 1 is 1.26 bits per heavy atom. The van der Waals surface area contributed by atoms with E-state index in [0.717, 1.165) is 15.8 Å². The van der Waals surface area contributed by atoms with Gasteiger partial charge in [-0.15, -0.1) is 0 Å². The summed E-state index contributed by atoms with van der Waals surface area (Å²) in [4.78, 5) is 16.7. The zero-order chi connectivity index (χ0) is 16.5. The molecule has 1 amide bonds. The number of carbonyl (C=O) groups excluding carboxylic acids is 1. The average molecular weight is 377 g/mol. The van der Waals surface area contributed by atoms with Crippen molar-refractivity contribution >= 4 is 33.7 Å². The second-order valence-corrected chi connectivity index (χ2v) is 5.48. The smallest absolute Gasteiger partial charge is 0.265 e. The lowest BCUT2D eigenvalue weighted by molar-refractivity contribution is -0.120. The Morgan fingerprint density at radius 2 is 2.04 bits per heavy atom. The van der Waals surface area contributed by atoms with Gasteiger partial charge in [-0.2, -0.15) is 0 Å². The Bertz CT molecular complexity index is 672. The lowest BCUT2D eigenvalue weighted by Crippen LogP contribution is -2.16. The highest BCUT2D eigenvalue weighted by Gasteiger charge is 2.02. The second-order valence-electron chi connectivity index (χ2n) is 4.57. The van der Waals surface area contributed by atoms with E-state index in [0.29, 0.717) is 12.3 Å². The largest absolute Gasteiger partial charge is 0.494 e. The van der Waals surface area contributed by atoms with Gasteiger partial charge in [0.15, 0.2) is 6.61 Å². The number of nitrogens with zero attached hydrogens (tertiary/aromatic N) is 1. The van der Waals surface area contributed by atoms with Gasteiger partial charge in [0.05, 0.1) is 12.8 Å². The lowest BCUT2D eigenvalue weighted by Gasteiger charge is -2.04. The minimum atomic E-state index is -0.271.